The molecule has 1 aliphatic carbocycles. The van der Waals surface area contributed by atoms with E-state index in [0.29, 0.717) is 31.2 Å². The van der Waals surface area contributed by atoms with E-state index in [-0.39, 0.29) is 0 Å². The number of benzene rings is 2. The number of fused-ring (bicyclic) bond motifs is 3. The Balaban J connectivity index is 1.02. The van der Waals surface area contributed by atoms with Crippen LogP contribution in [0.3, 0.4) is 0 Å². The summed E-state index contributed by atoms with van der Waals surface area (Å²) in [4.78, 5) is 9.03. The van der Waals surface area contributed by atoms with Crippen LogP contribution in [0.15, 0.2) is 54.9 Å². The van der Waals surface area contributed by atoms with E-state index in [0.717, 1.165) is 64.6 Å². The van der Waals surface area contributed by atoms with Gasteiger partial charge in [0, 0.05) is 48.2 Å². The molecular weight excluding hydrogens is 460 g/mol. The first-order chi connectivity index (χ1) is 18.3. The first-order valence-electron chi connectivity index (χ1n) is 12.9. The molecule has 2 aromatic heterocycles. The van der Waals surface area contributed by atoms with Gasteiger partial charge in [0.25, 0.3) is 0 Å². The summed E-state index contributed by atoms with van der Waals surface area (Å²) in [6.45, 7) is 3.63. The van der Waals surface area contributed by atoms with Crippen molar-refractivity contribution in [3.63, 3.8) is 0 Å². The van der Waals surface area contributed by atoms with Gasteiger partial charge in [-0.3, -0.25) is 4.98 Å². The summed E-state index contributed by atoms with van der Waals surface area (Å²) in [5.41, 5.74) is 4.58. The Morgan fingerprint density at radius 2 is 1.84 bits per heavy atom. The number of nitrogens with zero attached hydrogens (tertiary/aromatic N) is 4. The molecule has 0 aliphatic heterocycles. The van der Waals surface area contributed by atoms with Gasteiger partial charge in [0.05, 0.1) is 35.4 Å². The fraction of sp³-hybridized carbons (Fsp3) is 0.333. The van der Waals surface area contributed by atoms with Gasteiger partial charge in [0.2, 0.25) is 0 Å². The summed E-state index contributed by atoms with van der Waals surface area (Å²) >= 11 is 0. The van der Waals surface area contributed by atoms with Crippen LogP contribution in [0.25, 0.3) is 21.7 Å². The van der Waals surface area contributed by atoms with Crippen molar-refractivity contribution < 1.29 is 4.74 Å². The summed E-state index contributed by atoms with van der Waals surface area (Å²) < 4.78 is 5.82. The third kappa shape index (κ3) is 6.03. The zero-order valence-electron chi connectivity index (χ0n) is 20.8. The Morgan fingerprint density at radius 3 is 2.68 bits per heavy atom. The second-order valence-electron chi connectivity index (χ2n) is 9.46. The largest absolute Gasteiger partial charge is 0.380 e. The SMILES string of the molecule is N#Cc1ccc2c(c1)nc(NCCOCCCCNCc1ccc(C3CC3)c(C#N)c1)c1ccncc12. The molecule has 0 amide bonds. The number of hydrogen-bond donors (Lipinski definition) is 2. The highest BCUT2D eigenvalue weighted by Crippen LogP contribution is 2.41. The minimum atomic E-state index is 0.586. The van der Waals surface area contributed by atoms with Crippen molar-refractivity contribution in [2.24, 2.45) is 0 Å². The molecule has 0 atom stereocenters. The highest BCUT2D eigenvalue weighted by molar-refractivity contribution is 6.09. The van der Waals surface area contributed by atoms with Crippen molar-refractivity contribution in [1.29, 1.82) is 10.5 Å². The highest BCUT2D eigenvalue weighted by atomic mass is 16.5. The maximum absolute atomic E-state index is 9.42. The van der Waals surface area contributed by atoms with Crippen molar-refractivity contribution in [3.05, 3.63) is 77.1 Å². The number of rotatable bonds is 12. The fourth-order valence-corrected chi connectivity index (χ4v) is 4.64. The number of aromatic nitrogens is 2. The van der Waals surface area contributed by atoms with E-state index in [4.69, 9.17) is 9.72 Å². The van der Waals surface area contributed by atoms with Crippen LogP contribution in [0.4, 0.5) is 5.82 Å². The topological polar surface area (TPSA) is 107 Å². The van der Waals surface area contributed by atoms with Crippen LogP contribution in [0.2, 0.25) is 0 Å². The number of ether oxygens (including phenoxy) is 1. The van der Waals surface area contributed by atoms with E-state index in [1.54, 1.807) is 6.20 Å². The number of pyridine rings is 2. The number of nitrogens with one attached hydrogen (secondary N) is 2. The van der Waals surface area contributed by atoms with Gasteiger partial charge in [-0.05, 0) is 73.5 Å². The van der Waals surface area contributed by atoms with Crippen molar-refractivity contribution in [3.8, 4) is 12.1 Å². The molecule has 1 fully saturated rings. The monoisotopic (exact) mass is 490 g/mol. The molecular formula is C30H30N6O. The molecule has 37 heavy (non-hydrogen) atoms. The summed E-state index contributed by atoms with van der Waals surface area (Å²) in [6.07, 6.45) is 8.04. The van der Waals surface area contributed by atoms with Crippen LogP contribution < -0.4 is 10.6 Å². The summed E-state index contributed by atoms with van der Waals surface area (Å²) in [5, 5.41) is 28.5. The van der Waals surface area contributed by atoms with Crippen LogP contribution in [-0.4, -0.2) is 36.3 Å². The normalized spacial score (nSPS) is 12.9. The van der Waals surface area contributed by atoms with E-state index in [1.807, 2.05) is 36.5 Å². The minimum Gasteiger partial charge on any atom is -0.380 e. The lowest BCUT2D eigenvalue weighted by Crippen LogP contribution is -2.16. The van der Waals surface area contributed by atoms with Gasteiger partial charge < -0.3 is 15.4 Å². The van der Waals surface area contributed by atoms with Gasteiger partial charge in [0.1, 0.15) is 5.82 Å². The lowest BCUT2D eigenvalue weighted by Gasteiger charge is -2.12. The zero-order valence-corrected chi connectivity index (χ0v) is 20.8. The van der Waals surface area contributed by atoms with E-state index < -0.39 is 0 Å². The molecule has 7 nitrogen and oxygen atoms in total. The fourth-order valence-electron chi connectivity index (χ4n) is 4.64. The molecule has 0 unspecified atom stereocenters. The number of anilines is 1. The van der Waals surface area contributed by atoms with E-state index in [2.05, 4.69) is 39.9 Å². The second kappa shape index (κ2) is 11.8. The highest BCUT2D eigenvalue weighted by Gasteiger charge is 2.26. The van der Waals surface area contributed by atoms with Crippen molar-refractivity contribution in [2.75, 3.05) is 31.6 Å². The van der Waals surface area contributed by atoms with Gasteiger partial charge in [-0.2, -0.15) is 10.5 Å². The summed E-state index contributed by atoms with van der Waals surface area (Å²) in [6, 6.07) is 18.3. The van der Waals surface area contributed by atoms with Crippen LogP contribution >= 0.6 is 0 Å². The molecule has 0 bridgehead atoms. The number of hydrogen-bond acceptors (Lipinski definition) is 7. The Bertz CT molecular complexity index is 1480. The third-order valence-electron chi connectivity index (χ3n) is 6.74. The molecule has 4 aromatic rings. The van der Waals surface area contributed by atoms with Crippen molar-refractivity contribution in [2.45, 2.75) is 38.1 Å². The van der Waals surface area contributed by atoms with E-state index >= 15 is 0 Å². The lowest BCUT2D eigenvalue weighted by molar-refractivity contribution is 0.140. The minimum absolute atomic E-state index is 0.586. The molecule has 0 radical (unpaired) electrons. The third-order valence-corrected chi connectivity index (χ3v) is 6.74. The van der Waals surface area contributed by atoms with E-state index in [1.165, 1.54) is 18.4 Å². The molecule has 2 aromatic carbocycles. The van der Waals surface area contributed by atoms with Crippen LogP contribution in [0.5, 0.6) is 0 Å². The second-order valence-corrected chi connectivity index (χ2v) is 9.46. The average Bonchev–Trinajstić information content (AvgIpc) is 3.79. The molecule has 0 saturated heterocycles. The number of unbranched alkanes of at least 4 members (excludes halogenated alkanes) is 1. The first-order valence-corrected chi connectivity index (χ1v) is 12.9. The van der Waals surface area contributed by atoms with Crippen LogP contribution in [0.1, 0.15) is 53.9 Å². The standard InChI is InChI=1S/C30H30N6O/c31-17-21-3-8-26-28-20-34-11-9-27(28)30(36-29(26)16-21)35-12-14-37-13-2-1-10-33-19-22-4-7-25(23-5-6-23)24(15-22)18-32/h3-4,7-9,11,15-16,20,23,33H,1-2,5-6,10,12-14,19H2,(H,35,36). The molecule has 5 rings (SSSR count). The molecule has 7 heteroatoms. The summed E-state index contributed by atoms with van der Waals surface area (Å²) in [5.74, 6) is 1.38. The Kier molecular flexibility index (Phi) is 7.86. The van der Waals surface area contributed by atoms with Gasteiger partial charge in [-0.25, -0.2) is 4.98 Å². The zero-order chi connectivity index (χ0) is 25.5. The maximum Gasteiger partial charge on any atom is 0.134 e. The van der Waals surface area contributed by atoms with Crippen LogP contribution in [0, 0.1) is 22.7 Å². The molecule has 0 spiro atoms. The van der Waals surface area contributed by atoms with Gasteiger partial charge in [-0.1, -0.05) is 18.2 Å². The Hall–Kier alpha value is -4.04. The van der Waals surface area contributed by atoms with E-state index in [9.17, 15) is 10.5 Å². The predicted octanol–water partition coefficient (Wildman–Crippen LogP) is 5.40. The maximum atomic E-state index is 9.42. The molecule has 2 N–H and O–H groups in total. The quantitative estimate of drug-likeness (QED) is 0.202. The Morgan fingerprint density at radius 1 is 0.919 bits per heavy atom. The lowest BCUT2D eigenvalue weighted by atomic mass is 10.0. The van der Waals surface area contributed by atoms with Crippen molar-refractivity contribution in [1.82, 2.24) is 15.3 Å². The molecule has 2 heterocycles. The van der Waals surface area contributed by atoms with Gasteiger partial charge >= 0.3 is 0 Å². The number of nitriles is 2. The van der Waals surface area contributed by atoms with Gasteiger partial charge in [-0.15, -0.1) is 0 Å². The Labute approximate surface area is 217 Å². The predicted molar refractivity (Wildman–Crippen MR) is 145 cm³/mol. The smallest absolute Gasteiger partial charge is 0.134 e. The molecule has 1 aliphatic rings. The first kappa shape index (κ1) is 24.6. The van der Waals surface area contributed by atoms with Crippen molar-refractivity contribution >= 4 is 27.5 Å². The summed E-state index contributed by atoms with van der Waals surface area (Å²) in [7, 11) is 0. The molecule has 1 saturated carbocycles. The molecule has 186 valence electrons. The van der Waals surface area contributed by atoms with Gasteiger partial charge in [0.15, 0.2) is 0 Å². The van der Waals surface area contributed by atoms with Crippen LogP contribution in [-0.2, 0) is 11.3 Å². The average molecular weight is 491 g/mol.